The number of benzene rings is 1. The molecule has 0 aromatic heterocycles. The molecule has 1 nitrogen and oxygen atoms in total. The Labute approximate surface area is 100 Å². The second-order valence-corrected chi connectivity index (χ2v) is 4.76. The van der Waals surface area contributed by atoms with E-state index in [9.17, 15) is 0 Å². The Hall–Kier alpha value is -0.760. The Balaban J connectivity index is 2.75. The summed E-state index contributed by atoms with van der Waals surface area (Å²) in [6.07, 6.45) is 2.08. The molecule has 1 rings (SSSR count). The summed E-state index contributed by atoms with van der Waals surface area (Å²) in [5, 5.41) is 0. The van der Waals surface area contributed by atoms with Crippen LogP contribution < -0.4 is 4.74 Å². The fourth-order valence-corrected chi connectivity index (χ4v) is 1.52. The van der Waals surface area contributed by atoms with Crippen LogP contribution >= 0.6 is 15.9 Å². The molecule has 0 aliphatic rings. The van der Waals surface area contributed by atoms with E-state index in [0.29, 0.717) is 6.61 Å². The minimum absolute atomic E-state index is 0.642. The lowest BCUT2D eigenvalue weighted by Gasteiger charge is -2.08. The quantitative estimate of drug-likeness (QED) is 0.738. The van der Waals surface area contributed by atoms with Crippen molar-refractivity contribution in [3.8, 4) is 5.75 Å². The van der Waals surface area contributed by atoms with Crippen LogP contribution in [0.15, 0.2) is 28.3 Å². The van der Waals surface area contributed by atoms with E-state index in [1.807, 2.05) is 0 Å². The highest BCUT2D eigenvalue weighted by Crippen LogP contribution is 2.26. The second kappa shape index (κ2) is 5.36. The van der Waals surface area contributed by atoms with E-state index in [2.05, 4.69) is 61.8 Å². The van der Waals surface area contributed by atoms with Crippen molar-refractivity contribution in [2.24, 2.45) is 0 Å². The lowest BCUT2D eigenvalue weighted by Crippen LogP contribution is -1.95. The molecule has 0 aliphatic heterocycles. The highest BCUT2D eigenvalue weighted by molar-refractivity contribution is 9.10. The van der Waals surface area contributed by atoms with Gasteiger partial charge in [-0.25, -0.2) is 0 Å². The van der Waals surface area contributed by atoms with E-state index < -0.39 is 0 Å². The van der Waals surface area contributed by atoms with Crippen LogP contribution in [0.25, 0.3) is 0 Å². The van der Waals surface area contributed by atoms with Crippen molar-refractivity contribution in [3.63, 3.8) is 0 Å². The molecule has 82 valence electrons. The standard InChI is InChI=1S/C13H17BrO/c1-9(2)5-6-15-12-7-10(3)13(14)11(4)8-12/h5,7-8H,6H2,1-4H3. The zero-order valence-electron chi connectivity index (χ0n) is 9.73. The molecule has 0 aliphatic carbocycles. The number of hydrogen-bond donors (Lipinski definition) is 0. The summed E-state index contributed by atoms with van der Waals surface area (Å²) in [5.74, 6) is 0.936. The van der Waals surface area contributed by atoms with Gasteiger partial charge in [0.25, 0.3) is 0 Å². The third kappa shape index (κ3) is 3.71. The Morgan fingerprint density at radius 1 is 1.27 bits per heavy atom. The van der Waals surface area contributed by atoms with E-state index in [1.165, 1.54) is 16.7 Å². The predicted molar refractivity (Wildman–Crippen MR) is 68.5 cm³/mol. The Kier molecular flexibility index (Phi) is 4.40. The molecular weight excluding hydrogens is 252 g/mol. The average molecular weight is 269 g/mol. The summed E-state index contributed by atoms with van der Waals surface area (Å²) in [4.78, 5) is 0. The van der Waals surface area contributed by atoms with Crippen molar-refractivity contribution in [2.75, 3.05) is 6.61 Å². The van der Waals surface area contributed by atoms with Crippen LogP contribution in [0.5, 0.6) is 5.75 Å². The van der Waals surface area contributed by atoms with Gasteiger partial charge >= 0.3 is 0 Å². The van der Waals surface area contributed by atoms with Gasteiger partial charge in [0, 0.05) is 4.47 Å². The van der Waals surface area contributed by atoms with Gasteiger partial charge in [0.05, 0.1) is 0 Å². The van der Waals surface area contributed by atoms with Gasteiger partial charge in [0.2, 0.25) is 0 Å². The number of allylic oxidation sites excluding steroid dienone is 1. The molecular formula is C13H17BrO. The van der Waals surface area contributed by atoms with E-state index in [0.717, 1.165) is 10.2 Å². The predicted octanol–water partition coefficient (Wildman–Crippen LogP) is 4.41. The fourth-order valence-electron chi connectivity index (χ4n) is 1.29. The van der Waals surface area contributed by atoms with E-state index in [-0.39, 0.29) is 0 Å². The number of ether oxygens (including phenoxy) is 1. The van der Waals surface area contributed by atoms with Crippen molar-refractivity contribution in [1.82, 2.24) is 0 Å². The summed E-state index contributed by atoms with van der Waals surface area (Å²) < 4.78 is 6.80. The number of halogens is 1. The molecule has 0 heterocycles. The Bertz CT molecular complexity index is 353. The van der Waals surface area contributed by atoms with Crippen molar-refractivity contribution in [1.29, 1.82) is 0 Å². The van der Waals surface area contributed by atoms with Crippen molar-refractivity contribution < 1.29 is 4.74 Å². The SMILES string of the molecule is CC(C)=CCOc1cc(C)c(Br)c(C)c1. The van der Waals surface area contributed by atoms with Crippen LogP contribution in [0.3, 0.4) is 0 Å². The largest absolute Gasteiger partial charge is 0.490 e. The maximum Gasteiger partial charge on any atom is 0.120 e. The van der Waals surface area contributed by atoms with Crippen LogP contribution in [0, 0.1) is 13.8 Å². The highest BCUT2D eigenvalue weighted by Gasteiger charge is 2.02. The monoisotopic (exact) mass is 268 g/mol. The Morgan fingerprint density at radius 3 is 2.27 bits per heavy atom. The van der Waals surface area contributed by atoms with Crippen molar-refractivity contribution >= 4 is 15.9 Å². The summed E-state index contributed by atoms with van der Waals surface area (Å²) in [5.41, 5.74) is 3.70. The van der Waals surface area contributed by atoms with Gasteiger partial charge in [-0.05, 0) is 57.0 Å². The molecule has 0 saturated heterocycles. The van der Waals surface area contributed by atoms with Gasteiger partial charge in [-0.3, -0.25) is 0 Å². The molecule has 0 saturated carbocycles. The fraction of sp³-hybridized carbons (Fsp3) is 0.385. The van der Waals surface area contributed by atoms with E-state index in [4.69, 9.17) is 4.74 Å². The molecule has 2 heteroatoms. The minimum Gasteiger partial charge on any atom is -0.490 e. The molecule has 0 atom stereocenters. The first-order valence-corrected chi connectivity index (χ1v) is 5.83. The van der Waals surface area contributed by atoms with Crippen LogP contribution in [-0.4, -0.2) is 6.61 Å². The second-order valence-electron chi connectivity index (χ2n) is 3.96. The van der Waals surface area contributed by atoms with Crippen LogP contribution in [-0.2, 0) is 0 Å². The van der Waals surface area contributed by atoms with Gasteiger partial charge in [-0.2, -0.15) is 0 Å². The van der Waals surface area contributed by atoms with Crippen LogP contribution in [0.4, 0.5) is 0 Å². The lowest BCUT2D eigenvalue weighted by atomic mass is 10.1. The van der Waals surface area contributed by atoms with Gasteiger partial charge in [0.15, 0.2) is 0 Å². The van der Waals surface area contributed by atoms with Gasteiger partial charge in [-0.15, -0.1) is 0 Å². The van der Waals surface area contributed by atoms with Crippen molar-refractivity contribution in [3.05, 3.63) is 39.4 Å². The zero-order chi connectivity index (χ0) is 11.4. The first-order valence-electron chi connectivity index (χ1n) is 5.03. The summed E-state index contributed by atoms with van der Waals surface area (Å²) in [6.45, 7) is 8.93. The first-order chi connectivity index (χ1) is 7.00. The van der Waals surface area contributed by atoms with Gasteiger partial charge < -0.3 is 4.74 Å². The highest BCUT2D eigenvalue weighted by atomic mass is 79.9. The normalized spacial score (nSPS) is 9.93. The van der Waals surface area contributed by atoms with E-state index in [1.54, 1.807) is 0 Å². The summed E-state index contributed by atoms with van der Waals surface area (Å²) in [6, 6.07) is 4.10. The molecule has 0 radical (unpaired) electrons. The zero-order valence-corrected chi connectivity index (χ0v) is 11.3. The van der Waals surface area contributed by atoms with Crippen molar-refractivity contribution in [2.45, 2.75) is 27.7 Å². The number of rotatable bonds is 3. The maximum absolute atomic E-state index is 5.64. The number of aryl methyl sites for hydroxylation is 2. The average Bonchev–Trinajstić information content (AvgIpc) is 2.13. The lowest BCUT2D eigenvalue weighted by molar-refractivity contribution is 0.361. The molecule has 0 unspecified atom stereocenters. The van der Waals surface area contributed by atoms with Gasteiger partial charge in [0.1, 0.15) is 12.4 Å². The summed E-state index contributed by atoms with van der Waals surface area (Å²) >= 11 is 3.54. The summed E-state index contributed by atoms with van der Waals surface area (Å²) in [7, 11) is 0. The molecule has 0 N–H and O–H groups in total. The third-order valence-electron chi connectivity index (χ3n) is 2.15. The minimum atomic E-state index is 0.642. The van der Waals surface area contributed by atoms with Crippen LogP contribution in [0.1, 0.15) is 25.0 Å². The first kappa shape index (κ1) is 12.3. The third-order valence-corrected chi connectivity index (χ3v) is 3.40. The molecule has 0 amide bonds. The molecule has 0 spiro atoms. The van der Waals surface area contributed by atoms with Gasteiger partial charge in [-0.1, -0.05) is 21.5 Å². The smallest absolute Gasteiger partial charge is 0.120 e. The Morgan fingerprint density at radius 2 is 1.80 bits per heavy atom. The molecule has 15 heavy (non-hydrogen) atoms. The van der Waals surface area contributed by atoms with Crippen LogP contribution in [0.2, 0.25) is 0 Å². The maximum atomic E-state index is 5.64. The molecule has 1 aromatic rings. The molecule has 0 fully saturated rings. The molecule has 1 aromatic carbocycles. The number of hydrogen-bond acceptors (Lipinski definition) is 1. The molecule has 0 bridgehead atoms. The topological polar surface area (TPSA) is 9.23 Å². The van der Waals surface area contributed by atoms with E-state index >= 15 is 0 Å².